The lowest BCUT2D eigenvalue weighted by Gasteiger charge is -2.01. The molecule has 0 aliphatic heterocycles. The molecule has 0 fully saturated rings. The van der Waals surface area contributed by atoms with Crippen LogP contribution >= 0.6 is 11.6 Å². The molecule has 0 amide bonds. The molecule has 13 heavy (non-hydrogen) atoms. The Labute approximate surface area is 82.2 Å². The largest absolute Gasteiger partial charge is 0.396 e. The number of aliphatic hydroxyl groups is 1. The fourth-order valence-corrected chi connectivity index (χ4v) is 1.34. The second kappa shape index (κ2) is 5.20. The van der Waals surface area contributed by atoms with E-state index in [-0.39, 0.29) is 17.4 Å². The summed E-state index contributed by atoms with van der Waals surface area (Å²) in [6.07, 6.45) is 2.51. The maximum atomic E-state index is 12.7. The van der Waals surface area contributed by atoms with E-state index < -0.39 is 0 Å². The van der Waals surface area contributed by atoms with Gasteiger partial charge in [0.1, 0.15) is 5.82 Å². The van der Waals surface area contributed by atoms with Crippen molar-refractivity contribution >= 4 is 11.6 Å². The Bertz CT molecular complexity index is 276. The molecular formula is C10H12ClFO. The van der Waals surface area contributed by atoms with Crippen molar-refractivity contribution in [1.82, 2.24) is 0 Å². The molecule has 0 bridgehead atoms. The average Bonchev–Trinajstić information content (AvgIpc) is 2.12. The molecule has 0 unspecified atom stereocenters. The molecule has 1 nitrogen and oxygen atoms in total. The number of aliphatic hydroxyl groups excluding tert-OH is 1. The Morgan fingerprint density at radius 3 is 2.69 bits per heavy atom. The molecule has 0 aromatic heterocycles. The van der Waals surface area contributed by atoms with Gasteiger partial charge in [-0.1, -0.05) is 17.7 Å². The average molecular weight is 203 g/mol. The van der Waals surface area contributed by atoms with E-state index in [0.717, 1.165) is 24.8 Å². The molecule has 0 saturated carbocycles. The minimum Gasteiger partial charge on any atom is -0.396 e. The number of unbranched alkanes of at least 4 members (excludes halogenated alkanes) is 1. The summed E-state index contributed by atoms with van der Waals surface area (Å²) >= 11 is 5.60. The highest BCUT2D eigenvalue weighted by Gasteiger charge is 2.00. The van der Waals surface area contributed by atoms with Crippen LogP contribution in [0.4, 0.5) is 4.39 Å². The number of aryl methyl sites for hydroxylation is 1. The van der Waals surface area contributed by atoms with Crippen molar-refractivity contribution in [2.24, 2.45) is 0 Å². The van der Waals surface area contributed by atoms with Gasteiger partial charge in [0, 0.05) is 6.61 Å². The van der Waals surface area contributed by atoms with E-state index in [0.29, 0.717) is 0 Å². The van der Waals surface area contributed by atoms with Gasteiger partial charge in [-0.05, 0) is 37.0 Å². The fourth-order valence-electron chi connectivity index (χ4n) is 1.14. The molecule has 1 rings (SSSR count). The van der Waals surface area contributed by atoms with Crippen LogP contribution < -0.4 is 0 Å². The molecule has 3 heteroatoms. The predicted molar refractivity (Wildman–Crippen MR) is 51.4 cm³/mol. The van der Waals surface area contributed by atoms with Gasteiger partial charge in [0.25, 0.3) is 0 Å². The Kier molecular flexibility index (Phi) is 4.19. The molecule has 0 atom stereocenters. The highest BCUT2D eigenvalue weighted by molar-refractivity contribution is 6.30. The van der Waals surface area contributed by atoms with Gasteiger partial charge in [0.15, 0.2) is 0 Å². The first-order valence-corrected chi connectivity index (χ1v) is 4.66. The van der Waals surface area contributed by atoms with E-state index in [2.05, 4.69) is 0 Å². The van der Waals surface area contributed by atoms with Gasteiger partial charge in [-0.2, -0.15) is 0 Å². The summed E-state index contributed by atoms with van der Waals surface area (Å²) in [5, 5.41) is 8.72. The zero-order chi connectivity index (χ0) is 9.68. The zero-order valence-electron chi connectivity index (χ0n) is 7.26. The number of rotatable bonds is 4. The zero-order valence-corrected chi connectivity index (χ0v) is 8.02. The molecule has 0 saturated heterocycles. The van der Waals surface area contributed by atoms with Gasteiger partial charge < -0.3 is 5.11 Å². The highest BCUT2D eigenvalue weighted by atomic mass is 35.5. The van der Waals surface area contributed by atoms with Crippen molar-refractivity contribution in [1.29, 1.82) is 0 Å². The van der Waals surface area contributed by atoms with Crippen molar-refractivity contribution in [3.8, 4) is 0 Å². The maximum absolute atomic E-state index is 12.7. The van der Waals surface area contributed by atoms with E-state index in [9.17, 15) is 4.39 Å². The van der Waals surface area contributed by atoms with Crippen LogP contribution in [0.15, 0.2) is 18.2 Å². The van der Waals surface area contributed by atoms with Crippen LogP contribution in [0.2, 0.25) is 5.02 Å². The molecule has 0 heterocycles. The fraction of sp³-hybridized carbons (Fsp3) is 0.400. The van der Waals surface area contributed by atoms with Crippen molar-refractivity contribution in [3.05, 3.63) is 34.6 Å². The van der Waals surface area contributed by atoms with E-state index in [1.165, 1.54) is 6.07 Å². The minimum absolute atomic E-state index is 0.168. The number of hydrogen-bond acceptors (Lipinski definition) is 1. The van der Waals surface area contributed by atoms with Gasteiger partial charge in [0.05, 0.1) is 5.02 Å². The number of halogens is 2. The topological polar surface area (TPSA) is 20.2 Å². The summed E-state index contributed by atoms with van der Waals surface area (Å²) < 4.78 is 12.7. The second-order valence-corrected chi connectivity index (χ2v) is 3.34. The molecule has 0 aliphatic rings. The summed E-state index contributed by atoms with van der Waals surface area (Å²) in [5.41, 5.74) is 1.01. The van der Waals surface area contributed by atoms with E-state index in [1.807, 2.05) is 0 Å². The monoisotopic (exact) mass is 202 g/mol. The molecular weight excluding hydrogens is 191 g/mol. The van der Waals surface area contributed by atoms with Crippen LogP contribution in [0, 0.1) is 5.82 Å². The summed E-state index contributed by atoms with van der Waals surface area (Å²) in [7, 11) is 0. The highest BCUT2D eigenvalue weighted by Crippen LogP contribution is 2.17. The Balaban J connectivity index is 2.53. The predicted octanol–water partition coefficient (Wildman–Crippen LogP) is 2.79. The lowest BCUT2D eigenvalue weighted by Crippen LogP contribution is -1.89. The van der Waals surface area contributed by atoms with Crippen LogP contribution in [0.1, 0.15) is 18.4 Å². The van der Waals surface area contributed by atoms with Crippen LogP contribution in [-0.4, -0.2) is 11.7 Å². The lowest BCUT2D eigenvalue weighted by molar-refractivity contribution is 0.284. The third-order valence-electron chi connectivity index (χ3n) is 1.86. The summed E-state index contributed by atoms with van der Waals surface area (Å²) in [5.74, 6) is -0.382. The quantitative estimate of drug-likeness (QED) is 0.745. The third kappa shape index (κ3) is 3.33. The first-order chi connectivity index (χ1) is 6.24. The Morgan fingerprint density at radius 1 is 1.31 bits per heavy atom. The van der Waals surface area contributed by atoms with Crippen LogP contribution in [0.25, 0.3) is 0 Å². The van der Waals surface area contributed by atoms with E-state index >= 15 is 0 Å². The van der Waals surface area contributed by atoms with Gasteiger partial charge in [-0.25, -0.2) is 4.39 Å². The minimum atomic E-state index is -0.382. The summed E-state index contributed by atoms with van der Waals surface area (Å²) in [6, 6.07) is 4.73. The SMILES string of the molecule is OCCCCc1ccc(F)c(Cl)c1. The van der Waals surface area contributed by atoms with Gasteiger partial charge in [-0.3, -0.25) is 0 Å². The Morgan fingerprint density at radius 2 is 2.08 bits per heavy atom. The molecule has 0 spiro atoms. The second-order valence-electron chi connectivity index (χ2n) is 2.93. The standard InChI is InChI=1S/C10H12ClFO/c11-9-7-8(3-1-2-6-13)4-5-10(9)12/h4-5,7,13H,1-3,6H2. The number of hydrogen-bond donors (Lipinski definition) is 1. The summed E-state index contributed by atoms with van der Waals surface area (Å²) in [4.78, 5) is 0. The van der Waals surface area contributed by atoms with Crippen molar-refractivity contribution in [2.75, 3.05) is 6.61 Å². The third-order valence-corrected chi connectivity index (χ3v) is 2.15. The van der Waals surface area contributed by atoms with Crippen LogP contribution in [0.5, 0.6) is 0 Å². The normalized spacial score (nSPS) is 10.4. The molecule has 1 aromatic rings. The van der Waals surface area contributed by atoms with E-state index in [4.69, 9.17) is 16.7 Å². The lowest BCUT2D eigenvalue weighted by atomic mass is 10.1. The number of benzene rings is 1. The van der Waals surface area contributed by atoms with E-state index in [1.54, 1.807) is 12.1 Å². The van der Waals surface area contributed by atoms with Gasteiger partial charge in [0.2, 0.25) is 0 Å². The van der Waals surface area contributed by atoms with Crippen molar-refractivity contribution in [2.45, 2.75) is 19.3 Å². The van der Waals surface area contributed by atoms with Crippen molar-refractivity contribution in [3.63, 3.8) is 0 Å². The smallest absolute Gasteiger partial charge is 0.141 e. The van der Waals surface area contributed by atoms with Gasteiger partial charge in [-0.15, -0.1) is 0 Å². The molecule has 1 aromatic carbocycles. The first-order valence-electron chi connectivity index (χ1n) is 4.29. The van der Waals surface area contributed by atoms with Gasteiger partial charge >= 0.3 is 0 Å². The maximum Gasteiger partial charge on any atom is 0.141 e. The van der Waals surface area contributed by atoms with Crippen LogP contribution in [-0.2, 0) is 6.42 Å². The Hall–Kier alpha value is -0.600. The molecule has 72 valence electrons. The molecule has 0 aliphatic carbocycles. The molecule has 0 radical (unpaired) electrons. The summed E-state index contributed by atoms with van der Waals surface area (Å²) in [6.45, 7) is 0.203. The first kappa shape index (κ1) is 10.5. The van der Waals surface area contributed by atoms with Crippen molar-refractivity contribution < 1.29 is 9.50 Å². The van der Waals surface area contributed by atoms with Crippen LogP contribution in [0.3, 0.4) is 0 Å². The molecule has 1 N–H and O–H groups in total.